The van der Waals surface area contributed by atoms with Crippen LogP contribution in [0.15, 0.2) is 30.5 Å². The third-order valence-electron chi connectivity index (χ3n) is 2.47. The molecule has 0 aliphatic rings. The number of amides is 1. The Kier molecular flexibility index (Phi) is 3.48. The smallest absolute Gasteiger partial charge is 0.288 e. The number of nitro benzene ring substituents is 1. The van der Waals surface area contributed by atoms with Crippen LogP contribution >= 0.6 is 11.6 Å². The van der Waals surface area contributed by atoms with Crippen molar-refractivity contribution in [2.75, 3.05) is 5.32 Å². The number of halogens is 1. The molecular weight excluding hydrogens is 272 g/mol. The summed E-state index contributed by atoms with van der Waals surface area (Å²) < 4.78 is 1.47. The minimum Gasteiger partial charge on any atom is -0.307 e. The minimum absolute atomic E-state index is 0.0120. The van der Waals surface area contributed by atoms with E-state index in [1.807, 2.05) is 0 Å². The third-order valence-corrected chi connectivity index (χ3v) is 2.79. The number of aromatic nitrogens is 2. The second-order valence-corrected chi connectivity index (χ2v) is 4.12. The maximum absolute atomic E-state index is 11.9. The molecule has 1 aromatic carbocycles. The van der Waals surface area contributed by atoms with Crippen molar-refractivity contribution in [3.8, 4) is 0 Å². The number of hydrogen-bond acceptors (Lipinski definition) is 4. The van der Waals surface area contributed by atoms with E-state index < -0.39 is 10.8 Å². The largest absolute Gasteiger partial charge is 0.307 e. The Balaban J connectivity index is 2.27. The number of hydrogen-bond donors (Lipinski definition) is 1. The maximum atomic E-state index is 11.9. The molecular formula is C11H9ClN4O3. The molecule has 0 fully saturated rings. The van der Waals surface area contributed by atoms with E-state index in [-0.39, 0.29) is 16.3 Å². The standard InChI is InChI=1S/C11H9ClN4O3/c1-15-10(4-5-13-15)14-11(17)7-2-3-8(12)9(6-7)16(18)19/h2-6H,1H3,(H,14,17). The summed E-state index contributed by atoms with van der Waals surface area (Å²) in [5.41, 5.74) is -0.156. The van der Waals surface area contributed by atoms with Crippen LogP contribution in [0.2, 0.25) is 5.02 Å². The molecule has 19 heavy (non-hydrogen) atoms. The van der Waals surface area contributed by atoms with Crippen LogP contribution in [0.1, 0.15) is 10.4 Å². The molecule has 98 valence electrons. The van der Waals surface area contributed by atoms with Crippen molar-refractivity contribution < 1.29 is 9.72 Å². The molecule has 8 heteroatoms. The van der Waals surface area contributed by atoms with E-state index in [2.05, 4.69) is 10.4 Å². The zero-order valence-electron chi connectivity index (χ0n) is 9.83. The highest BCUT2D eigenvalue weighted by atomic mass is 35.5. The summed E-state index contributed by atoms with van der Waals surface area (Å²) in [4.78, 5) is 22.0. The van der Waals surface area contributed by atoms with Gasteiger partial charge in [-0.05, 0) is 12.1 Å². The number of nitro groups is 1. The predicted octanol–water partition coefficient (Wildman–Crippen LogP) is 2.23. The number of anilines is 1. The lowest BCUT2D eigenvalue weighted by Crippen LogP contribution is -2.14. The molecule has 0 atom stereocenters. The molecule has 1 amide bonds. The molecule has 7 nitrogen and oxygen atoms in total. The van der Waals surface area contributed by atoms with E-state index in [1.165, 1.54) is 23.0 Å². The second-order valence-electron chi connectivity index (χ2n) is 3.72. The van der Waals surface area contributed by atoms with Gasteiger partial charge in [0.25, 0.3) is 11.6 Å². The Hall–Kier alpha value is -2.41. The SMILES string of the molecule is Cn1nccc1NC(=O)c1ccc(Cl)c([N+](=O)[O-])c1. The molecule has 2 aromatic rings. The third kappa shape index (κ3) is 2.71. The summed E-state index contributed by atoms with van der Waals surface area (Å²) in [7, 11) is 1.67. The lowest BCUT2D eigenvalue weighted by Gasteiger charge is -2.05. The average molecular weight is 281 g/mol. The van der Waals surface area contributed by atoms with E-state index in [1.54, 1.807) is 13.1 Å². The van der Waals surface area contributed by atoms with Gasteiger partial charge < -0.3 is 5.32 Å². The Labute approximate surface area is 112 Å². The predicted molar refractivity (Wildman–Crippen MR) is 69.3 cm³/mol. The highest BCUT2D eigenvalue weighted by molar-refractivity contribution is 6.32. The fourth-order valence-corrected chi connectivity index (χ4v) is 1.67. The first-order valence-corrected chi connectivity index (χ1v) is 5.60. The van der Waals surface area contributed by atoms with Crippen molar-refractivity contribution in [2.24, 2.45) is 7.05 Å². The molecule has 2 rings (SSSR count). The van der Waals surface area contributed by atoms with Gasteiger partial charge in [0, 0.05) is 24.7 Å². The zero-order chi connectivity index (χ0) is 14.0. The van der Waals surface area contributed by atoms with Crippen molar-refractivity contribution >= 4 is 29.0 Å². The lowest BCUT2D eigenvalue weighted by atomic mass is 10.2. The maximum Gasteiger partial charge on any atom is 0.288 e. The highest BCUT2D eigenvalue weighted by Crippen LogP contribution is 2.25. The molecule has 0 bridgehead atoms. The van der Waals surface area contributed by atoms with Crippen LogP contribution in [0.3, 0.4) is 0 Å². The van der Waals surface area contributed by atoms with Crippen LogP contribution in [-0.4, -0.2) is 20.6 Å². The molecule has 0 spiro atoms. The minimum atomic E-state index is -0.636. The lowest BCUT2D eigenvalue weighted by molar-refractivity contribution is -0.384. The Morgan fingerprint density at radius 3 is 2.79 bits per heavy atom. The molecule has 0 unspecified atom stereocenters. The van der Waals surface area contributed by atoms with Crippen LogP contribution in [0, 0.1) is 10.1 Å². The summed E-state index contributed by atoms with van der Waals surface area (Å²) >= 11 is 5.68. The van der Waals surface area contributed by atoms with Crippen LogP contribution in [0.4, 0.5) is 11.5 Å². The number of benzene rings is 1. The fourth-order valence-electron chi connectivity index (χ4n) is 1.48. The van der Waals surface area contributed by atoms with Gasteiger partial charge in [-0.2, -0.15) is 5.10 Å². The molecule has 1 aromatic heterocycles. The Bertz CT molecular complexity index is 653. The van der Waals surface area contributed by atoms with Crippen molar-refractivity contribution in [3.63, 3.8) is 0 Å². The summed E-state index contributed by atoms with van der Waals surface area (Å²) in [6.45, 7) is 0. The number of nitrogens with zero attached hydrogens (tertiary/aromatic N) is 3. The van der Waals surface area contributed by atoms with Crippen molar-refractivity contribution in [1.29, 1.82) is 0 Å². The zero-order valence-corrected chi connectivity index (χ0v) is 10.6. The van der Waals surface area contributed by atoms with Crippen LogP contribution in [-0.2, 0) is 7.05 Å². The number of carbonyl (C=O) groups excluding carboxylic acids is 1. The normalized spacial score (nSPS) is 10.2. The van der Waals surface area contributed by atoms with Gasteiger partial charge in [0.15, 0.2) is 0 Å². The van der Waals surface area contributed by atoms with E-state index in [4.69, 9.17) is 11.6 Å². The number of nitrogens with one attached hydrogen (secondary N) is 1. The van der Waals surface area contributed by atoms with Crippen LogP contribution < -0.4 is 5.32 Å². The Morgan fingerprint density at radius 2 is 2.21 bits per heavy atom. The molecule has 0 saturated carbocycles. The summed E-state index contributed by atoms with van der Waals surface area (Å²) in [5.74, 6) is 0.0194. The van der Waals surface area contributed by atoms with Gasteiger partial charge in [0.1, 0.15) is 10.8 Å². The summed E-state index contributed by atoms with van der Waals surface area (Å²) in [5, 5.41) is 17.2. The second kappa shape index (κ2) is 5.07. The monoisotopic (exact) mass is 280 g/mol. The van der Waals surface area contributed by atoms with E-state index in [0.29, 0.717) is 5.82 Å². The van der Waals surface area contributed by atoms with Gasteiger partial charge in [-0.25, -0.2) is 0 Å². The quantitative estimate of drug-likeness (QED) is 0.689. The topological polar surface area (TPSA) is 90.1 Å². The van der Waals surface area contributed by atoms with E-state index in [0.717, 1.165) is 6.07 Å². The fraction of sp³-hybridized carbons (Fsp3) is 0.0909. The molecule has 1 N–H and O–H groups in total. The number of aryl methyl sites for hydroxylation is 1. The van der Waals surface area contributed by atoms with E-state index >= 15 is 0 Å². The molecule has 0 aliphatic carbocycles. The van der Waals surface area contributed by atoms with Crippen molar-refractivity contribution in [2.45, 2.75) is 0 Å². The average Bonchev–Trinajstić information content (AvgIpc) is 2.75. The number of carbonyl (C=O) groups is 1. The van der Waals surface area contributed by atoms with Crippen molar-refractivity contribution in [1.82, 2.24) is 9.78 Å². The van der Waals surface area contributed by atoms with Gasteiger partial charge in [0.05, 0.1) is 11.1 Å². The summed E-state index contributed by atoms with van der Waals surface area (Å²) in [6, 6.07) is 5.48. The first-order chi connectivity index (χ1) is 8.99. The number of rotatable bonds is 3. The first kappa shape index (κ1) is 13.0. The Morgan fingerprint density at radius 1 is 1.47 bits per heavy atom. The molecule has 0 aliphatic heterocycles. The van der Waals surface area contributed by atoms with Crippen LogP contribution in [0.5, 0.6) is 0 Å². The van der Waals surface area contributed by atoms with Gasteiger partial charge in [-0.3, -0.25) is 19.6 Å². The molecule has 0 radical (unpaired) electrons. The van der Waals surface area contributed by atoms with E-state index in [9.17, 15) is 14.9 Å². The van der Waals surface area contributed by atoms with Gasteiger partial charge in [0.2, 0.25) is 0 Å². The summed E-state index contributed by atoms with van der Waals surface area (Å²) in [6.07, 6.45) is 1.53. The molecule has 1 heterocycles. The highest BCUT2D eigenvalue weighted by Gasteiger charge is 2.16. The van der Waals surface area contributed by atoms with Gasteiger partial charge in [-0.15, -0.1) is 0 Å². The van der Waals surface area contributed by atoms with Gasteiger partial charge >= 0.3 is 0 Å². The van der Waals surface area contributed by atoms with Crippen LogP contribution in [0.25, 0.3) is 0 Å². The first-order valence-electron chi connectivity index (χ1n) is 5.22. The molecule has 0 saturated heterocycles. The van der Waals surface area contributed by atoms with Gasteiger partial charge in [-0.1, -0.05) is 11.6 Å². The van der Waals surface area contributed by atoms with Crippen molar-refractivity contribution in [3.05, 3.63) is 51.2 Å².